The number of hydrogen-bond acceptors (Lipinski definition) is 4. The third-order valence-corrected chi connectivity index (χ3v) is 5.22. The highest BCUT2D eigenvalue weighted by Crippen LogP contribution is 2.32. The first-order valence-electron chi connectivity index (χ1n) is 9.42. The normalized spacial score (nSPS) is 15.1. The Hall–Kier alpha value is -2.56. The smallest absolute Gasteiger partial charge is 0.292 e. The molecular formula is C21H27N3O2. The van der Waals surface area contributed by atoms with E-state index in [-0.39, 0.29) is 10.6 Å². The molecule has 0 atom stereocenters. The highest BCUT2D eigenvalue weighted by molar-refractivity contribution is 5.65. The average Bonchev–Trinajstić information content (AvgIpc) is 2.67. The van der Waals surface area contributed by atoms with Gasteiger partial charge in [-0.15, -0.1) is 0 Å². The van der Waals surface area contributed by atoms with E-state index in [0.29, 0.717) is 12.5 Å². The van der Waals surface area contributed by atoms with Crippen molar-refractivity contribution in [2.24, 2.45) is 5.92 Å². The summed E-state index contributed by atoms with van der Waals surface area (Å²) in [6.45, 7) is 6.73. The number of nitrogens with zero attached hydrogens (tertiary/aromatic N) is 2. The van der Waals surface area contributed by atoms with Crippen LogP contribution in [0, 0.1) is 16.0 Å². The van der Waals surface area contributed by atoms with Crippen LogP contribution < -0.4 is 10.2 Å². The van der Waals surface area contributed by atoms with Crippen molar-refractivity contribution in [1.29, 1.82) is 0 Å². The minimum absolute atomic E-state index is 0.209. The molecule has 5 nitrogen and oxygen atoms in total. The predicted octanol–water partition coefficient (Wildman–Crippen LogP) is 5.01. The SMILES string of the molecule is CCc1ccc(NCc2ccc(N3CCC(C)CC3)c([N+](=O)[O-])c2)cc1. The molecule has 1 heterocycles. The standard InChI is InChI=1S/C21H27N3O2/c1-3-17-4-7-19(8-5-17)22-15-18-6-9-20(21(14-18)24(25)26)23-12-10-16(2)11-13-23/h4-9,14,16,22H,3,10-13,15H2,1-2H3. The van der Waals surface area contributed by atoms with Crippen molar-refractivity contribution >= 4 is 17.1 Å². The van der Waals surface area contributed by atoms with Crippen LogP contribution in [0.15, 0.2) is 42.5 Å². The third kappa shape index (κ3) is 4.34. The molecule has 1 N–H and O–H groups in total. The maximum absolute atomic E-state index is 11.6. The molecule has 1 aliphatic heterocycles. The van der Waals surface area contributed by atoms with Crippen molar-refractivity contribution in [2.75, 3.05) is 23.3 Å². The van der Waals surface area contributed by atoms with E-state index < -0.39 is 0 Å². The molecule has 5 heteroatoms. The van der Waals surface area contributed by atoms with E-state index in [1.807, 2.05) is 12.1 Å². The van der Waals surface area contributed by atoms with Gasteiger partial charge >= 0.3 is 0 Å². The Kier molecular flexibility index (Phi) is 5.76. The van der Waals surface area contributed by atoms with Gasteiger partial charge in [-0.05, 0) is 54.5 Å². The number of nitro groups is 1. The van der Waals surface area contributed by atoms with Gasteiger partial charge in [0.2, 0.25) is 0 Å². The molecule has 2 aromatic carbocycles. The molecule has 0 aliphatic carbocycles. The van der Waals surface area contributed by atoms with Crippen LogP contribution in [-0.4, -0.2) is 18.0 Å². The van der Waals surface area contributed by atoms with E-state index in [1.54, 1.807) is 6.07 Å². The number of hydrogen-bond donors (Lipinski definition) is 1. The first-order valence-corrected chi connectivity index (χ1v) is 9.42. The Bertz CT molecular complexity index is 750. The summed E-state index contributed by atoms with van der Waals surface area (Å²) >= 11 is 0. The molecule has 0 radical (unpaired) electrons. The lowest BCUT2D eigenvalue weighted by Crippen LogP contribution is -2.33. The van der Waals surface area contributed by atoms with Gasteiger partial charge in [0, 0.05) is 31.4 Å². The van der Waals surface area contributed by atoms with E-state index in [4.69, 9.17) is 0 Å². The molecule has 0 saturated carbocycles. The summed E-state index contributed by atoms with van der Waals surface area (Å²) in [4.78, 5) is 13.5. The second-order valence-corrected chi connectivity index (χ2v) is 7.15. The summed E-state index contributed by atoms with van der Waals surface area (Å²) in [5.41, 5.74) is 4.20. The van der Waals surface area contributed by atoms with E-state index in [0.717, 1.165) is 49.3 Å². The highest BCUT2D eigenvalue weighted by Gasteiger charge is 2.23. The Morgan fingerprint density at radius 2 is 1.77 bits per heavy atom. The number of nitrogens with one attached hydrogen (secondary N) is 1. The fourth-order valence-electron chi connectivity index (χ4n) is 3.40. The van der Waals surface area contributed by atoms with Crippen molar-refractivity contribution in [3.63, 3.8) is 0 Å². The first-order chi connectivity index (χ1) is 12.6. The molecule has 3 rings (SSSR count). The highest BCUT2D eigenvalue weighted by atomic mass is 16.6. The van der Waals surface area contributed by atoms with Gasteiger partial charge in [-0.3, -0.25) is 10.1 Å². The minimum Gasteiger partial charge on any atom is -0.381 e. The molecule has 2 aromatic rings. The zero-order valence-corrected chi connectivity index (χ0v) is 15.6. The van der Waals surface area contributed by atoms with Crippen LogP contribution in [0.3, 0.4) is 0 Å². The number of piperidine rings is 1. The van der Waals surface area contributed by atoms with Gasteiger partial charge in [0.05, 0.1) is 4.92 Å². The van der Waals surface area contributed by atoms with Gasteiger partial charge in [-0.1, -0.05) is 32.0 Å². The van der Waals surface area contributed by atoms with Gasteiger partial charge in [-0.25, -0.2) is 0 Å². The van der Waals surface area contributed by atoms with Crippen LogP contribution >= 0.6 is 0 Å². The third-order valence-electron chi connectivity index (χ3n) is 5.22. The Labute approximate surface area is 155 Å². The molecule has 138 valence electrons. The fraction of sp³-hybridized carbons (Fsp3) is 0.429. The van der Waals surface area contributed by atoms with Crippen LogP contribution in [0.25, 0.3) is 0 Å². The van der Waals surface area contributed by atoms with Crippen molar-refractivity contribution < 1.29 is 4.92 Å². The van der Waals surface area contributed by atoms with Crippen LogP contribution in [0.4, 0.5) is 17.1 Å². The maximum atomic E-state index is 11.6. The van der Waals surface area contributed by atoms with Crippen molar-refractivity contribution in [2.45, 2.75) is 39.7 Å². The lowest BCUT2D eigenvalue weighted by Gasteiger charge is -2.31. The fourth-order valence-corrected chi connectivity index (χ4v) is 3.40. The summed E-state index contributed by atoms with van der Waals surface area (Å²) < 4.78 is 0. The minimum atomic E-state index is -0.257. The zero-order chi connectivity index (χ0) is 18.5. The van der Waals surface area contributed by atoms with Gasteiger partial charge in [0.25, 0.3) is 5.69 Å². The Balaban J connectivity index is 1.72. The number of aryl methyl sites for hydroxylation is 1. The second kappa shape index (κ2) is 8.21. The summed E-state index contributed by atoms with van der Waals surface area (Å²) in [6, 6.07) is 13.9. The molecule has 0 aromatic heterocycles. The largest absolute Gasteiger partial charge is 0.381 e. The van der Waals surface area contributed by atoms with Gasteiger partial charge in [0.1, 0.15) is 5.69 Å². The Morgan fingerprint density at radius 1 is 1.12 bits per heavy atom. The van der Waals surface area contributed by atoms with Crippen molar-refractivity contribution in [3.05, 3.63) is 63.7 Å². The first kappa shape index (κ1) is 18.2. The maximum Gasteiger partial charge on any atom is 0.292 e. The topological polar surface area (TPSA) is 58.4 Å². The molecule has 0 amide bonds. The number of nitro benzene ring substituents is 1. The van der Waals surface area contributed by atoms with Crippen LogP contribution in [0.5, 0.6) is 0 Å². The molecule has 1 aliphatic rings. The lowest BCUT2D eigenvalue weighted by molar-refractivity contribution is -0.384. The van der Waals surface area contributed by atoms with Crippen molar-refractivity contribution in [3.8, 4) is 0 Å². The summed E-state index contributed by atoms with van der Waals surface area (Å²) in [7, 11) is 0. The average molecular weight is 353 g/mol. The molecule has 26 heavy (non-hydrogen) atoms. The lowest BCUT2D eigenvalue weighted by atomic mass is 9.98. The summed E-state index contributed by atoms with van der Waals surface area (Å²) in [5, 5.41) is 14.9. The molecule has 1 fully saturated rings. The van der Waals surface area contributed by atoms with E-state index in [1.165, 1.54) is 5.56 Å². The van der Waals surface area contributed by atoms with Crippen LogP contribution in [-0.2, 0) is 13.0 Å². The van der Waals surface area contributed by atoms with Crippen molar-refractivity contribution in [1.82, 2.24) is 0 Å². The number of rotatable bonds is 6. The molecule has 0 spiro atoms. The quantitative estimate of drug-likeness (QED) is 0.586. The second-order valence-electron chi connectivity index (χ2n) is 7.15. The van der Waals surface area contributed by atoms with Crippen LogP contribution in [0.2, 0.25) is 0 Å². The number of benzene rings is 2. The van der Waals surface area contributed by atoms with Gasteiger partial charge in [-0.2, -0.15) is 0 Å². The van der Waals surface area contributed by atoms with E-state index >= 15 is 0 Å². The number of anilines is 2. The Morgan fingerprint density at radius 3 is 2.38 bits per heavy atom. The predicted molar refractivity (Wildman–Crippen MR) is 107 cm³/mol. The van der Waals surface area contributed by atoms with Gasteiger partial charge < -0.3 is 10.2 Å². The molecule has 0 unspecified atom stereocenters. The summed E-state index contributed by atoms with van der Waals surface area (Å²) in [5.74, 6) is 0.702. The molecular weight excluding hydrogens is 326 g/mol. The van der Waals surface area contributed by atoms with E-state index in [9.17, 15) is 10.1 Å². The monoisotopic (exact) mass is 353 g/mol. The zero-order valence-electron chi connectivity index (χ0n) is 15.6. The van der Waals surface area contributed by atoms with Gasteiger partial charge in [0.15, 0.2) is 0 Å². The van der Waals surface area contributed by atoms with E-state index in [2.05, 4.69) is 48.3 Å². The van der Waals surface area contributed by atoms with Crippen LogP contribution in [0.1, 0.15) is 37.8 Å². The summed E-state index contributed by atoms with van der Waals surface area (Å²) in [6.07, 6.45) is 3.20. The molecule has 1 saturated heterocycles. The molecule has 0 bridgehead atoms.